The molecule has 0 aliphatic rings. The number of rotatable bonds is 7. The van der Waals surface area contributed by atoms with Gasteiger partial charge in [0.05, 0.1) is 13.3 Å². The first-order valence-electron chi connectivity index (χ1n) is 6.06. The summed E-state index contributed by atoms with van der Waals surface area (Å²) in [7, 11) is -2.58. The van der Waals surface area contributed by atoms with Gasteiger partial charge in [-0.15, -0.1) is 0 Å². The summed E-state index contributed by atoms with van der Waals surface area (Å²) in [5, 5.41) is 9.12. The molecule has 1 aromatic rings. The Bertz CT molecular complexity index is 573. The SMILES string of the molecule is CC[C@H](C)[C@H](NS(=O)(=O)c1cncc(OC)c1)C(=O)O. The Morgan fingerprint density at radius 3 is 2.65 bits per heavy atom. The van der Waals surface area contributed by atoms with Gasteiger partial charge in [0.15, 0.2) is 0 Å². The highest BCUT2D eigenvalue weighted by molar-refractivity contribution is 7.89. The van der Waals surface area contributed by atoms with Crippen LogP contribution in [0.2, 0.25) is 0 Å². The summed E-state index contributed by atoms with van der Waals surface area (Å²) in [5.41, 5.74) is 0. The topological polar surface area (TPSA) is 106 Å². The van der Waals surface area contributed by atoms with Crippen LogP contribution in [0.1, 0.15) is 20.3 Å². The van der Waals surface area contributed by atoms with Gasteiger partial charge in [-0.3, -0.25) is 9.78 Å². The minimum atomic E-state index is -3.97. The van der Waals surface area contributed by atoms with Gasteiger partial charge in [0.2, 0.25) is 10.0 Å². The molecule has 112 valence electrons. The van der Waals surface area contributed by atoms with Crippen molar-refractivity contribution in [1.82, 2.24) is 9.71 Å². The van der Waals surface area contributed by atoms with Crippen molar-refractivity contribution in [2.45, 2.75) is 31.2 Å². The van der Waals surface area contributed by atoms with E-state index >= 15 is 0 Å². The second kappa shape index (κ2) is 6.67. The molecule has 1 rings (SSSR count). The number of carboxylic acids is 1. The molecule has 1 aromatic heterocycles. The Balaban J connectivity index is 3.06. The number of aliphatic carboxylic acids is 1. The van der Waals surface area contributed by atoms with E-state index in [0.717, 1.165) is 6.20 Å². The molecule has 8 heteroatoms. The lowest BCUT2D eigenvalue weighted by molar-refractivity contribution is -0.140. The van der Waals surface area contributed by atoms with E-state index in [4.69, 9.17) is 9.84 Å². The summed E-state index contributed by atoms with van der Waals surface area (Å²) in [6.45, 7) is 3.47. The fourth-order valence-corrected chi connectivity index (χ4v) is 2.81. The van der Waals surface area contributed by atoms with E-state index in [1.54, 1.807) is 13.8 Å². The highest BCUT2D eigenvalue weighted by Crippen LogP contribution is 2.17. The Morgan fingerprint density at radius 2 is 2.15 bits per heavy atom. The minimum absolute atomic E-state index is 0.133. The molecular formula is C12H18N2O5S. The maximum absolute atomic E-state index is 12.2. The fourth-order valence-electron chi connectivity index (χ4n) is 1.54. The molecule has 0 radical (unpaired) electrons. The molecular weight excluding hydrogens is 284 g/mol. The van der Waals surface area contributed by atoms with Crippen LogP contribution in [-0.4, -0.2) is 37.6 Å². The third-order valence-corrected chi connectivity index (χ3v) is 4.40. The molecule has 0 amide bonds. The zero-order chi connectivity index (χ0) is 15.3. The van der Waals surface area contributed by atoms with Crippen molar-refractivity contribution in [3.8, 4) is 5.75 Å². The van der Waals surface area contributed by atoms with E-state index in [1.165, 1.54) is 19.4 Å². The average Bonchev–Trinajstić information content (AvgIpc) is 2.43. The van der Waals surface area contributed by atoms with Crippen molar-refractivity contribution >= 4 is 16.0 Å². The monoisotopic (exact) mass is 302 g/mol. The van der Waals surface area contributed by atoms with E-state index in [2.05, 4.69) is 9.71 Å². The first kappa shape index (κ1) is 16.4. The number of hydrogen-bond donors (Lipinski definition) is 2. The molecule has 0 saturated carbocycles. The van der Waals surface area contributed by atoms with Crippen LogP contribution in [0.4, 0.5) is 0 Å². The van der Waals surface area contributed by atoms with Crippen molar-refractivity contribution in [1.29, 1.82) is 0 Å². The second-order valence-corrected chi connectivity index (χ2v) is 6.10. The van der Waals surface area contributed by atoms with Gasteiger partial charge in [0.25, 0.3) is 0 Å². The van der Waals surface area contributed by atoms with Gasteiger partial charge in [-0.05, 0) is 5.92 Å². The Morgan fingerprint density at radius 1 is 1.50 bits per heavy atom. The van der Waals surface area contributed by atoms with Crippen LogP contribution >= 0.6 is 0 Å². The minimum Gasteiger partial charge on any atom is -0.495 e. The van der Waals surface area contributed by atoms with Crippen LogP contribution in [0.3, 0.4) is 0 Å². The zero-order valence-electron chi connectivity index (χ0n) is 11.5. The number of nitrogens with zero attached hydrogens (tertiary/aromatic N) is 1. The van der Waals surface area contributed by atoms with E-state index in [-0.39, 0.29) is 16.6 Å². The molecule has 0 saturated heterocycles. The third-order valence-electron chi connectivity index (χ3n) is 3.00. The smallest absolute Gasteiger partial charge is 0.322 e. The van der Waals surface area contributed by atoms with E-state index in [0.29, 0.717) is 6.42 Å². The lowest BCUT2D eigenvalue weighted by Crippen LogP contribution is -2.44. The van der Waals surface area contributed by atoms with Crippen molar-refractivity contribution in [3.05, 3.63) is 18.5 Å². The molecule has 1 heterocycles. The predicted molar refractivity (Wildman–Crippen MR) is 72.0 cm³/mol. The van der Waals surface area contributed by atoms with Crippen LogP contribution in [-0.2, 0) is 14.8 Å². The summed E-state index contributed by atoms with van der Waals surface area (Å²) < 4.78 is 31.4. The summed E-state index contributed by atoms with van der Waals surface area (Å²) in [6, 6.07) is 0.0985. The molecule has 0 aliphatic heterocycles. The van der Waals surface area contributed by atoms with Crippen LogP contribution in [0.5, 0.6) is 5.75 Å². The quantitative estimate of drug-likeness (QED) is 0.774. The van der Waals surface area contributed by atoms with Crippen molar-refractivity contribution in [2.24, 2.45) is 5.92 Å². The summed E-state index contributed by atoms with van der Waals surface area (Å²) in [6.07, 6.45) is 3.04. The number of carbonyl (C=O) groups is 1. The number of pyridine rings is 1. The van der Waals surface area contributed by atoms with Crippen LogP contribution < -0.4 is 9.46 Å². The fraction of sp³-hybridized carbons (Fsp3) is 0.500. The van der Waals surface area contributed by atoms with Crippen LogP contribution in [0, 0.1) is 5.92 Å². The largest absolute Gasteiger partial charge is 0.495 e. The highest BCUT2D eigenvalue weighted by Gasteiger charge is 2.29. The molecule has 20 heavy (non-hydrogen) atoms. The number of ether oxygens (including phenoxy) is 1. The predicted octanol–water partition coefficient (Wildman–Crippen LogP) is 0.868. The lowest BCUT2D eigenvalue weighted by Gasteiger charge is -2.20. The van der Waals surface area contributed by atoms with E-state index in [9.17, 15) is 13.2 Å². The number of sulfonamides is 1. The number of nitrogens with one attached hydrogen (secondary N) is 1. The van der Waals surface area contributed by atoms with Crippen LogP contribution in [0.25, 0.3) is 0 Å². The number of methoxy groups -OCH3 is 1. The Kier molecular flexibility index (Phi) is 5.46. The van der Waals surface area contributed by atoms with E-state index < -0.39 is 22.0 Å². The van der Waals surface area contributed by atoms with Crippen molar-refractivity contribution < 1.29 is 23.1 Å². The van der Waals surface area contributed by atoms with Gasteiger partial charge in [-0.2, -0.15) is 4.72 Å². The highest BCUT2D eigenvalue weighted by atomic mass is 32.2. The number of carboxylic acid groups (broad SMARTS) is 1. The number of hydrogen-bond acceptors (Lipinski definition) is 5. The maximum atomic E-state index is 12.2. The molecule has 0 aromatic carbocycles. The van der Waals surface area contributed by atoms with Crippen LogP contribution in [0.15, 0.2) is 23.4 Å². The van der Waals surface area contributed by atoms with Gasteiger partial charge < -0.3 is 9.84 Å². The molecule has 7 nitrogen and oxygen atoms in total. The normalized spacial score (nSPS) is 14.6. The van der Waals surface area contributed by atoms with Crippen molar-refractivity contribution in [2.75, 3.05) is 7.11 Å². The standard InChI is InChI=1S/C12H18N2O5S/c1-4-8(2)11(12(15)16)14-20(17,18)10-5-9(19-3)6-13-7-10/h5-8,11,14H,4H2,1-3H3,(H,15,16)/t8-,11-/m0/s1. The molecule has 0 aliphatic carbocycles. The molecule has 2 N–H and O–H groups in total. The Labute approximate surface area is 118 Å². The summed E-state index contributed by atoms with van der Waals surface area (Å²) >= 11 is 0. The van der Waals surface area contributed by atoms with Crippen molar-refractivity contribution in [3.63, 3.8) is 0 Å². The first-order valence-corrected chi connectivity index (χ1v) is 7.54. The zero-order valence-corrected chi connectivity index (χ0v) is 12.3. The lowest BCUT2D eigenvalue weighted by atomic mass is 10.0. The summed E-state index contributed by atoms with van der Waals surface area (Å²) in [5.74, 6) is -1.26. The average molecular weight is 302 g/mol. The maximum Gasteiger partial charge on any atom is 0.322 e. The Hall–Kier alpha value is -1.67. The third kappa shape index (κ3) is 3.91. The molecule has 0 unspecified atom stereocenters. The number of aromatic nitrogens is 1. The van der Waals surface area contributed by atoms with Gasteiger partial charge in [-0.1, -0.05) is 20.3 Å². The second-order valence-electron chi connectivity index (χ2n) is 4.38. The molecule has 2 atom stereocenters. The summed E-state index contributed by atoms with van der Waals surface area (Å²) in [4.78, 5) is 14.8. The molecule has 0 spiro atoms. The van der Waals surface area contributed by atoms with Gasteiger partial charge >= 0.3 is 5.97 Å². The van der Waals surface area contributed by atoms with Gasteiger partial charge in [-0.25, -0.2) is 8.42 Å². The van der Waals surface area contributed by atoms with E-state index in [1.807, 2.05) is 0 Å². The molecule has 0 fully saturated rings. The first-order chi connectivity index (χ1) is 9.31. The molecule has 0 bridgehead atoms. The van der Waals surface area contributed by atoms with Gasteiger partial charge in [0, 0.05) is 12.3 Å². The van der Waals surface area contributed by atoms with Gasteiger partial charge in [0.1, 0.15) is 16.7 Å².